The van der Waals surface area contributed by atoms with E-state index in [1.165, 1.54) is 26.2 Å². The first-order chi connectivity index (χ1) is 10.9. The van der Waals surface area contributed by atoms with Crippen LogP contribution in [-0.4, -0.2) is 17.0 Å². The van der Waals surface area contributed by atoms with Crippen molar-refractivity contribution in [3.05, 3.63) is 35.9 Å². The normalized spacial score (nSPS) is 12.5. The molecule has 0 bridgehead atoms. The summed E-state index contributed by atoms with van der Waals surface area (Å²) >= 11 is 0. The van der Waals surface area contributed by atoms with Crippen LogP contribution >= 0.6 is 0 Å². The van der Waals surface area contributed by atoms with Gasteiger partial charge in [0, 0.05) is 13.8 Å². The van der Waals surface area contributed by atoms with Crippen LogP contribution < -0.4 is 0 Å². The molecule has 0 aliphatic rings. The highest BCUT2D eigenvalue weighted by Gasteiger charge is 2.19. The van der Waals surface area contributed by atoms with Crippen molar-refractivity contribution >= 4 is 11.9 Å². The zero-order valence-electron chi connectivity index (χ0n) is 14.7. The van der Waals surface area contributed by atoms with Crippen molar-refractivity contribution in [1.82, 2.24) is 0 Å². The fraction of sp³-hybridized carbons (Fsp3) is 0.579. The molecule has 0 saturated carbocycles. The largest absolute Gasteiger partial charge is 0.481 e. The highest BCUT2D eigenvalue weighted by atomic mass is 16.5. The summed E-state index contributed by atoms with van der Waals surface area (Å²) in [6.07, 6.45) is 5.67. The average Bonchev–Trinajstić information content (AvgIpc) is 2.50. The van der Waals surface area contributed by atoms with Crippen molar-refractivity contribution in [1.29, 1.82) is 0 Å². The van der Waals surface area contributed by atoms with E-state index >= 15 is 0 Å². The van der Waals surface area contributed by atoms with E-state index < -0.39 is 5.97 Å². The molecule has 23 heavy (non-hydrogen) atoms. The maximum Gasteiger partial charge on any atom is 0.303 e. The number of carboxylic acid groups (broad SMARTS) is 1. The summed E-state index contributed by atoms with van der Waals surface area (Å²) in [5.74, 6) is -0.399. The number of rotatable bonds is 8. The van der Waals surface area contributed by atoms with Crippen LogP contribution in [0.1, 0.15) is 71.5 Å². The summed E-state index contributed by atoms with van der Waals surface area (Å²) in [6, 6.07) is 10.1. The second-order valence-corrected chi connectivity index (χ2v) is 5.68. The van der Waals surface area contributed by atoms with Crippen molar-refractivity contribution in [2.45, 2.75) is 65.9 Å². The summed E-state index contributed by atoms with van der Waals surface area (Å²) in [7, 11) is 0. The molecule has 0 spiro atoms. The Hall–Kier alpha value is -1.84. The molecule has 0 amide bonds. The topological polar surface area (TPSA) is 63.6 Å². The van der Waals surface area contributed by atoms with Crippen molar-refractivity contribution < 1.29 is 19.4 Å². The third-order valence-electron chi connectivity index (χ3n) is 3.57. The number of esters is 1. The molecule has 4 heteroatoms. The number of carboxylic acids is 1. The summed E-state index contributed by atoms with van der Waals surface area (Å²) < 4.78 is 5.51. The molecule has 0 radical (unpaired) electrons. The molecule has 0 fully saturated rings. The highest BCUT2D eigenvalue weighted by molar-refractivity contribution is 5.66. The van der Waals surface area contributed by atoms with Crippen LogP contribution in [0.4, 0.5) is 0 Å². The summed E-state index contributed by atoms with van der Waals surface area (Å²) in [5, 5.41) is 7.42. The number of hydrogen-bond donors (Lipinski definition) is 1. The fourth-order valence-corrected chi connectivity index (χ4v) is 2.40. The summed E-state index contributed by atoms with van der Waals surface area (Å²) in [6.45, 7) is 7.01. The fourth-order valence-electron chi connectivity index (χ4n) is 2.40. The first-order valence-corrected chi connectivity index (χ1v) is 8.32. The number of hydrogen-bond acceptors (Lipinski definition) is 3. The molecule has 0 saturated heterocycles. The Morgan fingerprint density at radius 1 is 1.13 bits per heavy atom. The van der Waals surface area contributed by atoms with Gasteiger partial charge in [-0.1, -0.05) is 69.9 Å². The Morgan fingerprint density at radius 2 is 1.70 bits per heavy atom. The van der Waals surface area contributed by atoms with E-state index in [-0.39, 0.29) is 12.1 Å². The van der Waals surface area contributed by atoms with Crippen LogP contribution in [0, 0.1) is 5.92 Å². The Bertz CT molecular complexity index is 438. The molecule has 1 aromatic rings. The van der Waals surface area contributed by atoms with Crippen LogP contribution in [0.2, 0.25) is 0 Å². The molecular formula is C19H30O4. The summed E-state index contributed by atoms with van der Waals surface area (Å²) in [4.78, 5) is 20.3. The molecule has 4 nitrogen and oxygen atoms in total. The number of aliphatic carboxylic acids is 1. The van der Waals surface area contributed by atoms with Crippen LogP contribution in [-0.2, 0) is 14.3 Å². The van der Waals surface area contributed by atoms with Gasteiger partial charge in [0.15, 0.2) is 0 Å². The minimum absolute atomic E-state index is 0.0968. The molecule has 130 valence electrons. The minimum Gasteiger partial charge on any atom is -0.481 e. The zero-order chi connectivity index (χ0) is 17.7. The van der Waals surface area contributed by atoms with E-state index in [9.17, 15) is 4.79 Å². The van der Waals surface area contributed by atoms with Gasteiger partial charge in [-0.15, -0.1) is 0 Å². The van der Waals surface area contributed by atoms with E-state index in [0.29, 0.717) is 5.92 Å². The third-order valence-corrected chi connectivity index (χ3v) is 3.57. The molecule has 2 atom stereocenters. The Balaban J connectivity index is 0.00000108. The van der Waals surface area contributed by atoms with Gasteiger partial charge in [-0.25, -0.2) is 0 Å². The number of ether oxygens (including phenoxy) is 1. The van der Waals surface area contributed by atoms with Crippen molar-refractivity contribution in [2.24, 2.45) is 5.92 Å². The van der Waals surface area contributed by atoms with Crippen LogP contribution in [0.25, 0.3) is 0 Å². The Morgan fingerprint density at radius 3 is 2.13 bits per heavy atom. The molecule has 1 N–H and O–H groups in total. The Kier molecular flexibility index (Phi) is 11.7. The second-order valence-electron chi connectivity index (χ2n) is 5.68. The second kappa shape index (κ2) is 12.7. The molecular weight excluding hydrogens is 292 g/mol. The highest BCUT2D eigenvalue weighted by Crippen LogP contribution is 2.29. The monoisotopic (exact) mass is 322 g/mol. The van der Waals surface area contributed by atoms with Gasteiger partial charge < -0.3 is 9.84 Å². The van der Waals surface area contributed by atoms with Gasteiger partial charge >= 0.3 is 5.97 Å². The smallest absolute Gasteiger partial charge is 0.303 e. The lowest BCUT2D eigenvalue weighted by atomic mass is 9.90. The lowest BCUT2D eigenvalue weighted by Gasteiger charge is -2.23. The van der Waals surface area contributed by atoms with E-state index in [1.54, 1.807) is 0 Å². The van der Waals surface area contributed by atoms with Gasteiger partial charge in [-0.05, 0) is 17.9 Å². The average molecular weight is 322 g/mol. The number of unbranched alkanes of at least 4 members (excludes halogenated alkanes) is 1. The predicted octanol–water partition coefficient (Wildman–Crippen LogP) is 4.99. The maximum atomic E-state index is 11.3. The molecule has 0 aromatic heterocycles. The maximum absolute atomic E-state index is 11.3. The van der Waals surface area contributed by atoms with Crippen LogP contribution in [0.5, 0.6) is 0 Å². The molecule has 0 aliphatic heterocycles. The molecule has 1 rings (SSSR count). The van der Waals surface area contributed by atoms with Crippen molar-refractivity contribution in [3.63, 3.8) is 0 Å². The minimum atomic E-state index is -0.833. The van der Waals surface area contributed by atoms with Crippen LogP contribution in [0.3, 0.4) is 0 Å². The van der Waals surface area contributed by atoms with Crippen molar-refractivity contribution in [2.75, 3.05) is 0 Å². The van der Waals surface area contributed by atoms with E-state index in [1.807, 2.05) is 30.3 Å². The Labute approximate surface area is 139 Å². The first kappa shape index (κ1) is 21.2. The standard InChI is InChI=1S/C17H26O2.C2H4O2/c1-4-6-10-15(5-2)13-17(19-14(3)18)16-11-8-7-9-12-16;1-2(3)4/h7-9,11-12,15,17H,4-6,10,13H2,1-3H3;1H3,(H,3,4). The first-order valence-electron chi connectivity index (χ1n) is 8.32. The SMILES string of the molecule is CC(=O)O.CCCCC(CC)CC(OC(C)=O)c1ccccc1. The molecule has 1 aromatic carbocycles. The number of carbonyl (C=O) groups is 2. The molecule has 0 heterocycles. The van der Waals surface area contributed by atoms with Gasteiger partial charge in [-0.2, -0.15) is 0 Å². The van der Waals surface area contributed by atoms with Gasteiger partial charge in [-0.3, -0.25) is 9.59 Å². The van der Waals surface area contributed by atoms with Crippen molar-refractivity contribution in [3.8, 4) is 0 Å². The number of carbonyl (C=O) groups excluding carboxylic acids is 1. The van der Waals surface area contributed by atoms with Gasteiger partial charge in [0.2, 0.25) is 0 Å². The van der Waals surface area contributed by atoms with E-state index in [4.69, 9.17) is 14.6 Å². The third kappa shape index (κ3) is 11.4. The van der Waals surface area contributed by atoms with Gasteiger partial charge in [0.05, 0.1) is 0 Å². The molecule has 2 unspecified atom stereocenters. The quantitative estimate of drug-likeness (QED) is 0.685. The van der Waals surface area contributed by atoms with Gasteiger partial charge in [0.1, 0.15) is 6.10 Å². The van der Waals surface area contributed by atoms with Crippen LogP contribution in [0.15, 0.2) is 30.3 Å². The molecule has 0 aliphatic carbocycles. The zero-order valence-corrected chi connectivity index (χ0v) is 14.7. The van der Waals surface area contributed by atoms with E-state index in [2.05, 4.69) is 13.8 Å². The lowest BCUT2D eigenvalue weighted by molar-refractivity contribution is -0.147. The number of benzene rings is 1. The van der Waals surface area contributed by atoms with E-state index in [0.717, 1.165) is 25.3 Å². The summed E-state index contributed by atoms with van der Waals surface area (Å²) in [5.41, 5.74) is 1.10. The predicted molar refractivity (Wildman–Crippen MR) is 92.2 cm³/mol. The van der Waals surface area contributed by atoms with Gasteiger partial charge in [0.25, 0.3) is 5.97 Å². The lowest BCUT2D eigenvalue weighted by Crippen LogP contribution is -2.13.